The minimum Gasteiger partial charge on any atom is -0.325 e. The number of hydrogen-bond acceptors (Lipinski definition) is 5. The van der Waals surface area contributed by atoms with Gasteiger partial charge in [-0.05, 0) is 79.9 Å². The summed E-state index contributed by atoms with van der Waals surface area (Å²) >= 11 is 1.65. The van der Waals surface area contributed by atoms with E-state index in [4.69, 9.17) is 5.26 Å². The highest BCUT2D eigenvalue weighted by molar-refractivity contribution is 7.99. The van der Waals surface area contributed by atoms with Crippen LogP contribution >= 0.6 is 11.8 Å². The molecule has 1 saturated heterocycles. The first-order valence-electron chi connectivity index (χ1n) is 11.0. The highest BCUT2D eigenvalue weighted by atomic mass is 32.2. The van der Waals surface area contributed by atoms with Crippen LogP contribution in [0.15, 0.2) is 76.5 Å². The number of nitrogens with one attached hydrogen (secondary N) is 2. The van der Waals surface area contributed by atoms with Crippen molar-refractivity contribution in [3.63, 3.8) is 0 Å². The molecule has 1 aliphatic rings. The van der Waals surface area contributed by atoms with Crippen LogP contribution in [0.25, 0.3) is 0 Å². The maximum absolute atomic E-state index is 13.0. The van der Waals surface area contributed by atoms with E-state index in [1.54, 1.807) is 55.1 Å². The van der Waals surface area contributed by atoms with Gasteiger partial charge < -0.3 is 10.6 Å². The van der Waals surface area contributed by atoms with E-state index in [1.165, 1.54) is 16.0 Å². The molecule has 1 heterocycles. The molecule has 7 nitrogen and oxygen atoms in total. The Balaban J connectivity index is 1.40. The number of carbonyl (C=O) groups excluding carboxylic acids is 3. The van der Waals surface area contributed by atoms with Gasteiger partial charge in [0.15, 0.2) is 0 Å². The van der Waals surface area contributed by atoms with Gasteiger partial charge >= 0.3 is 6.03 Å². The molecule has 1 unspecified atom stereocenters. The molecular formula is C27H24N4O3S. The number of nitrogens with zero attached hydrogens (tertiary/aromatic N) is 2. The van der Waals surface area contributed by atoms with Crippen molar-refractivity contribution in [2.24, 2.45) is 0 Å². The number of aryl methyl sites for hydroxylation is 2. The molecule has 0 bridgehead atoms. The van der Waals surface area contributed by atoms with Gasteiger partial charge in [0, 0.05) is 15.5 Å². The number of urea groups is 1. The Kier molecular flexibility index (Phi) is 6.63. The van der Waals surface area contributed by atoms with Crippen LogP contribution in [0.2, 0.25) is 0 Å². The third-order valence-corrected chi connectivity index (χ3v) is 7.05. The van der Waals surface area contributed by atoms with Crippen LogP contribution < -0.4 is 10.6 Å². The van der Waals surface area contributed by atoms with Crippen molar-refractivity contribution in [3.8, 4) is 6.07 Å². The summed E-state index contributed by atoms with van der Waals surface area (Å²) in [5, 5.41) is 14.4. The first-order chi connectivity index (χ1) is 16.7. The summed E-state index contributed by atoms with van der Waals surface area (Å²) in [6.45, 7) is 5.30. The van der Waals surface area contributed by atoms with Gasteiger partial charge in [0.2, 0.25) is 5.91 Å². The van der Waals surface area contributed by atoms with Crippen LogP contribution in [0.5, 0.6) is 0 Å². The molecule has 4 amide bonds. The highest BCUT2D eigenvalue weighted by Crippen LogP contribution is 2.32. The van der Waals surface area contributed by atoms with E-state index in [9.17, 15) is 14.4 Å². The number of anilines is 1. The SMILES string of the molecule is Cc1ccc(C)c(Sc2ccc(NC(=O)CN3C(=O)NC(C)(c4ccc(C#N)cc4)C3=O)cc2)c1. The molecule has 0 radical (unpaired) electrons. The van der Waals surface area contributed by atoms with Crippen molar-refractivity contribution in [2.75, 3.05) is 11.9 Å². The fourth-order valence-corrected chi connectivity index (χ4v) is 4.81. The number of rotatable bonds is 6. The van der Waals surface area contributed by atoms with Crippen molar-refractivity contribution in [1.82, 2.24) is 10.2 Å². The summed E-state index contributed by atoms with van der Waals surface area (Å²) in [5.41, 5.74) is 2.64. The van der Waals surface area contributed by atoms with Crippen molar-refractivity contribution in [3.05, 3.63) is 89.0 Å². The molecule has 1 fully saturated rings. The molecule has 3 aromatic rings. The lowest BCUT2D eigenvalue weighted by molar-refractivity contribution is -0.133. The Morgan fingerprint density at radius 1 is 1.06 bits per heavy atom. The number of carbonyl (C=O) groups is 3. The molecule has 1 atom stereocenters. The van der Waals surface area contributed by atoms with Crippen LogP contribution in [-0.2, 0) is 15.1 Å². The van der Waals surface area contributed by atoms with Crippen molar-refractivity contribution in [1.29, 1.82) is 5.26 Å². The zero-order valence-corrected chi connectivity index (χ0v) is 20.4. The smallest absolute Gasteiger partial charge is 0.325 e. The molecule has 0 aliphatic carbocycles. The third-order valence-electron chi connectivity index (χ3n) is 5.88. The topological polar surface area (TPSA) is 102 Å². The highest BCUT2D eigenvalue weighted by Gasteiger charge is 2.49. The fraction of sp³-hybridized carbons (Fsp3) is 0.185. The molecule has 176 valence electrons. The monoisotopic (exact) mass is 484 g/mol. The maximum Gasteiger partial charge on any atom is 0.325 e. The summed E-state index contributed by atoms with van der Waals surface area (Å²) in [6.07, 6.45) is 0. The molecule has 0 aromatic heterocycles. The minimum absolute atomic E-state index is 0.407. The van der Waals surface area contributed by atoms with Gasteiger partial charge in [-0.1, -0.05) is 36.0 Å². The lowest BCUT2D eigenvalue weighted by Gasteiger charge is -2.22. The fourth-order valence-electron chi connectivity index (χ4n) is 3.81. The van der Waals surface area contributed by atoms with Gasteiger partial charge in [-0.25, -0.2) is 4.79 Å². The zero-order valence-electron chi connectivity index (χ0n) is 19.6. The molecule has 1 aliphatic heterocycles. The summed E-state index contributed by atoms with van der Waals surface area (Å²) in [6, 6.07) is 21.5. The number of amides is 4. The summed E-state index contributed by atoms with van der Waals surface area (Å²) in [7, 11) is 0. The van der Waals surface area contributed by atoms with Gasteiger partial charge in [0.05, 0.1) is 11.6 Å². The third kappa shape index (κ3) is 5.05. The lowest BCUT2D eigenvalue weighted by atomic mass is 9.91. The Morgan fingerprint density at radius 3 is 2.40 bits per heavy atom. The maximum atomic E-state index is 13.0. The van der Waals surface area contributed by atoms with Gasteiger partial charge in [-0.3, -0.25) is 14.5 Å². The van der Waals surface area contributed by atoms with Gasteiger partial charge in [-0.2, -0.15) is 5.26 Å². The molecule has 3 aromatic carbocycles. The first-order valence-corrected chi connectivity index (χ1v) is 11.8. The van der Waals surface area contributed by atoms with Crippen molar-refractivity contribution >= 4 is 35.3 Å². The van der Waals surface area contributed by atoms with Crippen LogP contribution in [0, 0.1) is 25.2 Å². The predicted octanol–water partition coefficient (Wildman–Crippen LogP) is 4.73. The van der Waals surface area contributed by atoms with Crippen LogP contribution in [-0.4, -0.2) is 29.3 Å². The molecule has 2 N–H and O–H groups in total. The Bertz CT molecular complexity index is 1350. The largest absolute Gasteiger partial charge is 0.325 e. The average Bonchev–Trinajstić information content (AvgIpc) is 3.06. The molecule has 0 spiro atoms. The normalized spacial score (nSPS) is 17.1. The van der Waals surface area contributed by atoms with Crippen LogP contribution in [0.4, 0.5) is 10.5 Å². The Labute approximate surface area is 208 Å². The second-order valence-electron chi connectivity index (χ2n) is 8.58. The van der Waals surface area contributed by atoms with E-state index in [0.717, 1.165) is 9.80 Å². The molecular weight excluding hydrogens is 460 g/mol. The van der Waals surface area contributed by atoms with E-state index in [2.05, 4.69) is 42.7 Å². The van der Waals surface area contributed by atoms with Gasteiger partial charge in [0.1, 0.15) is 12.1 Å². The van der Waals surface area contributed by atoms with E-state index in [0.29, 0.717) is 16.8 Å². The molecule has 4 rings (SSSR count). The van der Waals surface area contributed by atoms with Crippen molar-refractivity contribution in [2.45, 2.75) is 36.1 Å². The lowest BCUT2D eigenvalue weighted by Crippen LogP contribution is -2.42. The predicted molar refractivity (Wildman–Crippen MR) is 134 cm³/mol. The number of hydrogen-bond donors (Lipinski definition) is 2. The van der Waals surface area contributed by atoms with E-state index >= 15 is 0 Å². The molecule has 35 heavy (non-hydrogen) atoms. The van der Waals surface area contributed by atoms with E-state index < -0.39 is 29.9 Å². The van der Waals surface area contributed by atoms with E-state index in [-0.39, 0.29) is 0 Å². The Morgan fingerprint density at radius 2 is 1.74 bits per heavy atom. The van der Waals surface area contributed by atoms with E-state index in [1.807, 2.05) is 18.2 Å². The number of benzene rings is 3. The molecule has 8 heteroatoms. The number of imide groups is 1. The van der Waals surface area contributed by atoms with Crippen LogP contribution in [0.3, 0.4) is 0 Å². The Hall–Kier alpha value is -4.09. The van der Waals surface area contributed by atoms with Crippen LogP contribution in [0.1, 0.15) is 29.2 Å². The van der Waals surface area contributed by atoms with Gasteiger partial charge in [0.25, 0.3) is 5.91 Å². The summed E-state index contributed by atoms with van der Waals surface area (Å²) < 4.78 is 0. The first kappa shape index (κ1) is 24.0. The summed E-state index contributed by atoms with van der Waals surface area (Å²) in [5.74, 6) is -1.00. The van der Waals surface area contributed by atoms with Crippen molar-refractivity contribution < 1.29 is 14.4 Å². The van der Waals surface area contributed by atoms with Gasteiger partial charge in [-0.15, -0.1) is 0 Å². The average molecular weight is 485 g/mol. The zero-order chi connectivity index (χ0) is 25.2. The summed E-state index contributed by atoms with van der Waals surface area (Å²) in [4.78, 5) is 41.3. The second kappa shape index (κ2) is 9.65. The second-order valence-corrected chi connectivity index (χ2v) is 9.69. The minimum atomic E-state index is -1.31. The standard InChI is InChI=1S/C27H24N4O3S/c1-17-4-5-18(2)23(14-17)35-22-12-10-21(11-13-22)29-24(32)16-31-25(33)27(3,30-26(31)34)20-8-6-19(15-28)7-9-20/h4-14H,16H2,1-3H3,(H,29,32)(H,30,34). The molecule has 0 saturated carbocycles. The quantitative estimate of drug-likeness (QED) is 0.493. The number of nitriles is 1.